The Labute approximate surface area is 114 Å². The fourth-order valence-corrected chi connectivity index (χ4v) is 4.22. The maximum absolute atomic E-state index is 3.46. The molecule has 3 rings (SSSR count). The summed E-state index contributed by atoms with van der Waals surface area (Å²) in [6.07, 6.45) is 2.54. The molecule has 0 amide bonds. The number of nitrogens with one attached hydrogen (secondary N) is 1. The predicted molar refractivity (Wildman–Crippen MR) is 79.0 cm³/mol. The molecular weight excluding hydrogens is 240 g/mol. The van der Waals surface area contributed by atoms with Gasteiger partial charge in [0.15, 0.2) is 0 Å². The van der Waals surface area contributed by atoms with E-state index in [1.165, 1.54) is 41.0 Å². The SMILES string of the molecule is CN(Cc1ccc2c(c1)CNCC2)C1CCSC1. The van der Waals surface area contributed by atoms with Gasteiger partial charge < -0.3 is 5.32 Å². The van der Waals surface area contributed by atoms with Gasteiger partial charge in [0.05, 0.1) is 0 Å². The van der Waals surface area contributed by atoms with E-state index >= 15 is 0 Å². The molecule has 3 heteroatoms. The summed E-state index contributed by atoms with van der Waals surface area (Å²) in [5.74, 6) is 2.64. The van der Waals surface area contributed by atoms with Crippen molar-refractivity contribution in [1.29, 1.82) is 0 Å². The summed E-state index contributed by atoms with van der Waals surface area (Å²) in [7, 11) is 2.27. The minimum atomic E-state index is 0.782. The smallest absolute Gasteiger partial charge is 0.0234 e. The summed E-state index contributed by atoms with van der Waals surface area (Å²) in [5.41, 5.74) is 4.52. The maximum Gasteiger partial charge on any atom is 0.0234 e. The molecule has 1 fully saturated rings. The maximum atomic E-state index is 3.46. The van der Waals surface area contributed by atoms with Gasteiger partial charge in [-0.3, -0.25) is 4.90 Å². The first-order valence-electron chi connectivity index (χ1n) is 6.92. The van der Waals surface area contributed by atoms with Crippen molar-refractivity contribution in [2.24, 2.45) is 0 Å². The standard InChI is InChI=1S/C15H22N2S/c1-17(15-5-7-18-11-15)10-12-2-3-13-4-6-16-9-14(13)8-12/h2-3,8,15-16H,4-7,9-11H2,1H3. The van der Waals surface area contributed by atoms with Crippen molar-refractivity contribution in [2.75, 3.05) is 25.1 Å². The van der Waals surface area contributed by atoms with Gasteiger partial charge in [-0.05, 0) is 48.9 Å². The molecule has 1 N–H and O–H groups in total. The van der Waals surface area contributed by atoms with Gasteiger partial charge in [0.1, 0.15) is 0 Å². The molecule has 2 heterocycles. The molecule has 0 spiro atoms. The number of hydrogen-bond donors (Lipinski definition) is 1. The van der Waals surface area contributed by atoms with E-state index in [-0.39, 0.29) is 0 Å². The second-order valence-electron chi connectivity index (χ2n) is 5.46. The summed E-state index contributed by atoms with van der Waals surface area (Å²) in [6, 6.07) is 7.84. The van der Waals surface area contributed by atoms with Crippen molar-refractivity contribution in [3.05, 3.63) is 34.9 Å². The molecule has 0 radical (unpaired) electrons. The molecule has 1 saturated heterocycles. The fourth-order valence-electron chi connectivity index (χ4n) is 2.92. The third-order valence-electron chi connectivity index (χ3n) is 4.12. The van der Waals surface area contributed by atoms with Gasteiger partial charge in [-0.2, -0.15) is 11.8 Å². The molecular formula is C15H22N2S. The van der Waals surface area contributed by atoms with Crippen LogP contribution in [0.15, 0.2) is 18.2 Å². The molecule has 2 aliphatic rings. The highest BCUT2D eigenvalue weighted by atomic mass is 32.2. The third kappa shape index (κ3) is 2.73. The second kappa shape index (κ2) is 5.64. The van der Waals surface area contributed by atoms with Crippen LogP contribution >= 0.6 is 11.8 Å². The molecule has 0 bridgehead atoms. The number of benzene rings is 1. The molecule has 0 aromatic heterocycles. The fraction of sp³-hybridized carbons (Fsp3) is 0.600. The second-order valence-corrected chi connectivity index (χ2v) is 6.61. The van der Waals surface area contributed by atoms with Crippen molar-refractivity contribution in [1.82, 2.24) is 10.2 Å². The Morgan fingerprint density at radius 3 is 3.17 bits per heavy atom. The summed E-state index contributed by atoms with van der Waals surface area (Å²) in [4.78, 5) is 2.53. The Kier molecular flexibility index (Phi) is 3.92. The molecule has 1 aromatic carbocycles. The molecule has 98 valence electrons. The minimum Gasteiger partial charge on any atom is -0.312 e. The minimum absolute atomic E-state index is 0.782. The average molecular weight is 262 g/mol. The first-order chi connectivity index (χ1) is 8.83. The lowest BCUT2D eigenvalue weighted by Gasteiger charge is -2.24. The van der Waals surface area contributed by atoms with E-state index in [0.717, 1.165) is 25.7 Å². The van der Waals surface area contributed by atoms with Crippen LogP contribution in [0.25, 0.3) is 0 Å². The number of fused-ring (bicyclic) bond motifs is 1. The number of nitrogens with zero attached hydrogens (tertiary/aromatic N) is 1. The van der Waals surface area contributed by atoms with E-state index in [1.807, 2.05) is 0 Å². The van der Waals surface area contributed by atoms with Gasteiger partial charge in [-0.1, -0.05) is 18.2 Å². The Hall–Kier alpha value is -0.510. The van der Waals surface area contributed by atoms with Gasteiger partial charge in [0.2, 0.25) is 0 Å². The first kappa shape index (κ1) is 12.5. The van der Waals surface area contributed by atoms with Crippen molar-refractivity contribution in [3.63, 3.8) is 0 Å². The van der Waals surface area contributed by atoms with Gasteiger partial charge in [0, 0.05) is 24.9 Å². The molecule has 18 heavy (non-hydrogen) atoms. The van der Waals surface area contributed by atoms with E-state index < -0.39 is 0 Å². The van der Waals surface area contributed by atoms with Crippen LogP contribution in [0.2, 0.25) is 0 Å². The summed E-state index contributed by atoms with van der Waals surface area (Å²) >= 11 is 2.09. The first-order valence-corrected chi connectivity index (χ1v) is 8.08. The largest absolute Gasteiger partial charge is 0.312 e. The van der Waals surface area contributed by atoms with Crippen LogP contribution in [0.5, 0.6) is 0 Å². The Bertz CT molecular complexity index is 413. The third-order valence-corrected chi connectivity index (χ3v) is 5.26. The van der Waals surface area contributed by atoms with Crippen molar-refractivity contribution in [2.45, 2.75) is 32.0 Å². The zero-order chi connectivity index (χ0) is 12.4. The van der Waals surface area contributed by atoms with E-state index in [2.05, 4.69) is 47.2 Å². The lowest BCUT2D eigenvalue weighted by molar-refractivity contribution is 0.254. The molecule has 1 aromatic rings. The Balaban J connectivity index is 1.68. The van der Waals surface area contributed by atoms with Crippen LogP contribution in [-0.2, 0) is 19.5 Å². The van der Waals surface area contributed by atoms with E-state index in [4.69, 9.17) is 0 Å². The van der Waals surface area contributed by atoms with Gasteiger partial charge in [-0.15, -0.1) is 0 Å². The Morgan fingerprint density at radius 1 is 1.39 bits per heavy atom. The van der Waals surface area contributed by atoms with Gasteiger partial charge in [0.25, 0.3) is 0 Å². The highest BCUT2D eigenvalue weighted by molar-refractivity contribution is 7.99. The number of thioether (sulfide) groups is 1. The van der Waals surface area contributed by atoms with Crippen LogP contribution in [0.1, 0.15) is 23.1 Å². The zero-order valence-corrected chi connectivity index (χ0v) is 11.9. The zero-order valence-electron chi connectivity index (χ0n) is 11.1. The molecule has 0 saturated carbocycles. The predicted octanol–water partition coefficient (Wildman–Crippen LogP) is 2.27. The average Bonchev–Trinajstić information content (AvgIpc) is 2.92. The highest BCUT2D eigenvalue weighted by Crippen LogP contribution is 2.23. The van der Waals surface area contributed by atoms with Gasteiger partial charge in [-0.25, -0.2) is 0 Å². The van der Waals surface area contributed by atoms with Crippen molar-refractivity contribution < 1.29 is 0 Å². The quantitative estimate of drug-likeness (QED) is 0.899. The van der Waals surface area contributed by atoms with E-state index in [1.54, 1.807) is 0 Å². The summed E-state index contributed by atoms with van der Waals surface area (Å²) < 4.78 is 0. The topological polar surface area (TPSA) is 15.3 Å². The number of hydrogen-bond acceptors (Lipinski definition) is 3. The summed E-state index contributed by atoms with van der Waals surface area (Å²) in [5, 5.41) is 3.46. The Morgan fingerprint density at radius 2 is 2.33 bits per heavy atom. The van der Waals surface area contributed by atoms with E-state index in [0.29, 0.717) is 0 Å². The summed E-state index contributed by atoms with van der Waals surface area (Å²) in [6.45, 7) is 3.27. The van der Waals surface area contributed by atoms with Crippen LogP contribution in [-0.4, -0.2) is 36.0 Å². The molecule has 1 unspecified atom stereocenters. The normalized spacial score (nSPS) is 23.3. The molecule has 0 aliphatic carbocycles. The molecule has 2 nitrogen and oxygen atoms in total. The van der Waals surface area contributed by atoms with E-state index in [9.17, 15) is 0 Å². The van der Waals surface area contributed by atoms with Crippen molar-refractivity contribution in [3.8, 4) is 0 Å². The van der Waals surface area contributed by atoms with Crippen molar-refractivity contribution >= 4 is 11.8 Å². The molecule has 1 atom stereocenters. The monoisotopic (exact) mass is 262 g/mol. The van der Waals surface area contributed by atoms with Crippen LogP contribution in [0.3, 0.4) is 0 Å². The lowest BCUT2D eigenvalue weighted by Crippen LogP contribution is -2.31. The van der Waals surface area contributed by atoms with Crippen LogP contribution < -0.4 is 5.32 Å². The highest BCUT2D eigenvalue weighted by Gasteiger charge is 2.20. The lowest BCUT2D eigenvalue weighted by atomic mass is 9.98. The van der Waals surface area contributed by atoms with Crippen LogP contribution in [0, 0.1) is 0 Å². The van der Waals surface area contributed by atoms with Crippen LogP contribution in [0.4, 0.5) is 0 Å². The van der Waals surface area contributed by atoms with Gasteiger partial charge >= 0.3 is 0 Å². The molecule has 2 aliphatic heterocycles. The number of rotatable bonds is 3.